The van der Waals surface area contributed by atoms with Gasteiger partial charge in [-0.1, -0.05) is 20.3 Å². The van der Waals surface area contributed by atoms with Crippen molar-refractivity contribution in [1.29, 1.82) is 0 Å². The number of amides is 3. The molecule has 2 atom stereocenters. The van der Waals surface area contributed by atoms with Crippen LogP contribution in [0.2, 0.25) is 0 Å². The smallest absolute Gasteiger partial charge is 0.326 e. The summed E-state index contributed by atoms with van der Waals surface area (Å²) in [6, 6.07) is -1.35. The number of urea groups is 1. The number of carboxylic acid groups (broad SMARTS) is 1. The second kappa shape index (κ2) is 10.1. The Balaban J connectivity index is 3.93. The molecule has 2 unspecified atom stereocenters. The van der Waals surface area contributed by atoms with Gasteiger partial charge >= 0.3 is 12.0 Å². The molecule has 0 aromatic heterocycles. The van der Waals surface area contributed by atoms with Crippen LogP contribution in [0.1, 0.15) is 46.5 Å². The van der Waals surface area contributed by atoms with E-state index in [1.807, 2.05) is 20.8 Å². The molecule has 7 nitrogen and oxygen atoms in total. The van der Waals surface area contributed by atoms with Crippen molar-refractivity contribution in [3.63, 3.8) is 0 Å². The van der Waals surface area contributed by atoms with Crippen molar-refractivity contribution in [3.05, 3.63) is 0 Å². The van der Waals surface area contributed by atoms with Gasteiger partial charge in [0, 0.05) is 19.0 Å². The van der Waals surface area contributed by atoms with Crippen LogP contribution in [0.15, 0.2) is 0 Å². The van der Waals surface area contributed by atoms with Gasteiger partial charge in [0.25, 0.3) is 0 Å². The lowest BCUT2D eigenvalue weighted by Gasteiger charge is -2.15. The molecule has 4 N–H and O–H groups in total. The van der Waals surface area contributed by atoms with Crippen molar-refractivity contribution in [2.45, 2.75) is 58.5 Å². The Morgan fingerprint density at radius 1 is 1.15 bits per heavy atom. The van der Waals surface area contributed by atoms with Gasteiger partial charge in [-0.05, 0) is 19.8 Å². The Labute approximate surface area is 119 Å². The van der Waals surface area contributed by atoms with Crippen LogP contribution >= 0.6 is 0 Å². The van der Waals surface area contributed by atoms with E-state index in [0.29, 0.717) is 12.8 Å². The van der Waals surface area contributed by atoms with E-state index in [9.17, 15) is 14.4 Å². The fraction of sp³-hybridized carbons (Fsp3) is 0.769. The minimum absolute atomic E-state index is 0.109. The monoisotopic (exact) mass is 287 g/mol. The van der Waals surface area contributed by atoms with Gasteiger partial charge in [0.2, 0.25) is 5.91 Å². The molecular weight excluding hydrogens is 262 g/mol. The predicted molar refractivity (Wildman–Crippen MR) is 75.4 cm³/mol. The number of nitrogens with one attached hydrogen (secondary N) is 3. The van der Waals surface area contributed by atoms with Gasteiger partial charge < -0.3 is 21.1 Å². The quantitative estimate of drug-likeness (QED) is 0.504. The van der Waals surface area contributed by atoms with Crippen molar-refractivity contribution in [2.24, 2.45) is 0 Å². The van der Waals surface area contributed by atoms with E-state index in [1.165, 1.54) is 0 Å². The van der Waals surface area contributed by atoms with Gasteiger partial charge in [-0.25, -0.2) is 9.59 Å². The maximum absolute atomic E-state index is 11.5. The molecule has 0 aliphatic rings. The molecule has 0 spiro atoms. The van der Waals surface area contributed by atoms with Crippen LogP contribution < -0.4 is 16.0 Å². The largest absolute Gasteiger partial charge is 0.480 e. The lowest BCUT2D eigenvalue weighted by molar-refractivity contribution is -0.139. The summed E-state index contributed by atoms with van der Waals surface area (Å²) in [4.78, 5) is 33.8. The number of hydrogen-bond donors (Lipinski definition) is 4. The van der Waals surface area contributed by atoms with Crippen LogP contribution in [0.5, 0.6) is 0 Å². The molecule has 0 saturated heterocycles. The first kappa shape index (κ1) is 18.2. The number of aliphatic carboxylic acids is 1. The molecule has 3 amide bonds. The van der Waals surface area contributed by atoms with Gasteiger partial charge in [-0.15, -0.1) is 0 Å². The molecule has 20 heavy (non-hydrogen) atoms. The highest BCUT2D eigenvalue weighted by Crippen LogP contribution is 1.96. The highest BCUT2D eigenvalue weighted by molar-refractivity contribution is 5.83. The number of carboxylic acids is 1. The number of rotatable bonds is 9. The molecule has 0 saturated carbocycles. The normalized spacial score (nSPS) is 13.2. The average molecular weight is 287 g/mol. The summed E-state index contributed by atoms with van der Waals surface area (Å²) in [5.74, 6) is -1.19. The molecule has 0 rings (SSSR count). The Kier molecular flexibility index (Phi) is 9.15. The Morgan fingerprint density at radius 2 is 1.80 bits per heavy atom. The Bertz CT molecular complexity index is 334. The first-order chi connectivity index (χ1) is 9.40. The molecule has 0 aliphatic carbocycles. The molecule has 7 heteroatoms. The fourth-order valence-electron chi connectivity index (χ4n) is 1.49. The molecule has 0 heterocycles. The van der Waals surface area contributed by atoms with Crippen LogP contribution in [0.4, 0.5) is 4.79 Å². The van der Waals surface area contributed by atoms with Crippen molar-refractivity contribution >= 4 is 17.9 Å². The van der Waals surface area contributed by atoms with Crippen LogP contribution in [-0.2, 0) is 9.59 Å². The topological polar surface area (TPSA) is 108 Å². The maximum atomic E-state index is 11.5. The highest BCUT2D eigenvalue weighted by atomic mass is 16.4. The third-order valence-electron chi connectivity index (χ3n) is 2.84. The van der Waals surface area contributed by atoms with Gasteiger partial charge in [0.15, 0.2) is 0 Å². The number of carbonyl (C=O) groups excluding carboxylic acids is 2. The average Bonchev–Trinajstić information content (AvgIpc) is 2.37. The summed E-state index contributed by atoms with van der Waals surface area (Å²) in [5, 5.41) is 16.5. The van der Waals surface area contributed by atoms with E-state index in [-0.39, 0.29) is 24.9 Å². The molecule has 0 aromatic rings. The molecule has 0 aromatic carbocycles. The summed E-state index contributed by atoms with van der Waals surface area (Å²) in [5.41, 5.74) is 0. The second-order valence-electron chi connectivity index (χ2n) is 4.71. The Hall–Kier alpha value is -1.79. The van der Waals surface area contributed by atoms with E-state index in [4.69, 9.17) is 5.11 Å². The van der Waals surface area contributed by atoms with E-state index in [1.54, 1.807) is 0 Å². The maximum Gasteiger partial charge on any atom is 0.326 e. The molecule has 116 valence electrons. The molecule has 0 radical (unpaired) electrons. The summed E-state index contributed by atoms with van der Waals surface area (Å²) in [6.07, 6.45) is 2.05. The zero-order chi connectivity index (χ0) is 15.5. The summed E-state index contributed by atoms with van der Waals surface area (Å²) in [6.45, 7) is 5.89. The third kappa shape index (κ3) is 8.34. The summed E-state index contributed by atoms with van der Waals surface area (Å²) < 4.78 is 0. The zero-order valence-corrected chi connectivity index (χ0v) is 12.4. The van der Waals surface area contributed by atoms with Gasteiger partial charge in [0.1, 0.15) is 6.04 Å². The van der Waals surface area contributed by atoms with Crippen LogP contribution in [0, 0.1) is 0 Å². The van der Waals surface area contributed by atoms with Crippen molar-refractivity contribution in [2.75, 3.05) is 6.54 Å². The minimum Gasteiger partial charge on any atom is -0.480 e. The van der Waals surface area contributed by atoms with E-state index < -0.39 is 18.0 Å². The lowest BCUT2D eigenvalue weighted by atomic mass is 10.2. The third-order valence-corrected chi connectivity index (χ3v) is 2.84. The standard InChI is InChI=1S/C13H25N3O4/c1-4-6-10(12(18)19)16-13(20)14-8-7-11(17)15-9(3)5-2/h9-10H,4-8H2,1-3H3,(H,15,17)(H,18,19)(H2,14,16,20). The number of hydrogen-bond acceptors (Lipinski definition) is 3. The predicted octanol–water partition coefficient (Wildman–Crippen LogP) is 0.844. The Morgan fingerprint density at radius 3 is 2.30 bits per heavy atom. The van der Waals surface area contributed by atoms with Gasteiger partial charge in [0.05, 0.1) is 0 Å². The second-order valence-corrected chi connectivity index (χ2v) is 4.71. The van der Waals surface area contributed by atoms with E-state index in [0.717, 1.165) is 6.42 Å². The molecule has 0 bridgehead atoms. The fourth-order valence-corrected chi connectivity index (χ4v) is 1.49. The zero-order valence-electron chi connectivity index (χ0n) is 12.4. The summed E-state index contributed by atoms with van der Waals surface area (Å²) >= 11 is 0. The minimum atomic E-state index is -1.06. The van der Waals surface area contributed by atoms with Crippen LogP contribution in [0.3, 0.4) is 0 Å². The molecule has 0 fully saturated rings. The SMILES string of the molecule is CCCC(NC(=O)NCCC(=O)NC(C)CC)C(=O)O. The van der Waals surface area contributed by atoms with Gasteiger partial charge in [-0.3, -0.25) is 4.79 Å². The van der Waals surface area contributed by atoms with E-state index >= 15 is 0 Å². The highest BCUT2D eigenvalue weighted by Gasteiger charge is 2.18. The van der Waals surface area contributed by atoms with Crippen LogP contribution in [-0.4, -0.2) is 41.6 Å². The number of carbonyl (C=O) groups is 3. The van der Waals surface area contributed by atoms with E-state index in [2.05, 4.69) is 16.0 Å². The lowest BCUT2D eigenvalue weighted by Crippen LogP contribution is -2.46. The molecule has 0 aliphatic heterocycles. The van der Waals surface area contributed by atoms with Crippen molar-refractivity contribution in [3.8, 4) is 0 Å². The summed E-state index contributed by atoms with van der Waals surface area (Å²) in [7, 11) is 0. The van der Waals surface area contributed by atoms with Crippen molar-refractivity contribution < 1.29 is 19.5 Å². The molecular formula is C13H25N3O4. The first-order valence-corrected chi connectivity index (χ1v) is 6.97. The first-order valence-electron chi connectivity index (χ1n) is 6.97. The van der Waals surface area contributed by atoms with Gasteiger partial charge in [-0.2, -0.15) is 0 Å². The van der Waals surface area contributed by atoms with Crippen LogP contribution in [0.25, 0.3) is 0 Å². The van der Waals surface area contributed by atoms with Crippen molar-refractivity contribution in [1.82, 2.24) is 16.0 Å².